The molecule has 1 aromatic rings. The first kappa shape index (κ1) is 19.8. The van der Waals surface area contributed by atoms with Crippen molar-refractivity contribution in [3.63, 3.8) is 0 Å². The molecule has 2 aliphatic rings. The van der Waals surface area contributed by atoms with E-state index in [2.05, 4.69) is 22.9 Å². The van der Waals surface area contributed by atoms with Crippen LogP contribution < -0.4 is 0 Å². The Morgan fingerprint density at radius 1 is 1.19 bits per heavy atom. The van der Waals surface area contributed by atoms with Gasteiger partial charge < -0.3 is 14.9 Å². The summed E-state index contributed by atoms with van der Waals surface area (Å²) in [5, 5.41) is 18.2. The number of rotatable bonds is 5. The summed E-state index contributed by atoms with van der Waals surface area (Å²) in [4.78, 5) is 19.8. The van der Waals surface area contributed by atoms with Crippen molar-refractivity contribution in [3.8, 4) is 6.07 Å². The standard InChI is InChI=1S/C21H30N4O2/c1-23-10-12-24(13-11-23)20-8-9-25(16-19(20)3-2-14-26)21(27)18-6-4-17(15-22)5-7-18/h4-7,19-20,26H,2-3,8-14,16H2,1H3/t19-,20+/m0/s1. The number of hydrogen-bond donors (Lipinski definition) is 1. The lowest BCUT2D eigenvalue weighted by Crippen LogP contribution is -2.56. The molecular weight excluding hydrogens is 340 g/mol. The van der Waals surface area contributed by atoms with Crippen LogP contribution in [0.3, 0.4) is 0 Å². The lowest BCUT2D eigenvalue weighted by molar-refractivity contribution is 0.0218. The van der Waals surface area contributed by atoms with Gasteiger partial charge in [-0.05, 0) is 56.5 Å². The van der Waals surface area contributed by atoms with E-state index in [0.717, 1.165) is 58.5 Å². The number of nitrogens with zero attached hydrogens (tertiary/aromatic N) is 4. The molecule has 0 aliphatic carbocycles. The van der Waals surface area contributed by atoms with E-state index in [4.69, 9.17) is 5.26 Å². The van der Waals surface area contributed by atoms with E-state index in [0.29, 0.717) is 23.1 Å². The second kappa shape index (κ2) is 9.32. The van der Waals surface area contributed by atoms with Crippen molar-refractivity contribution in [1.29, 1.82) is 5.26 Å². The Bertz CT molecular complexity index is 662. The topological polar surface area (TPSA) is 70.8 Å². The molecule has 27 heavy (non-hydrogen) atoms. The van der Waals surface area contributed by atoms with Crippen molar-refractivity contribution >= 4 is 5.91 Å². The highest BCUT2D eigenvalue weighted by Crippen LogP contribution is 2.28. The van der Waals surface area contributed by atoms with Crippen LogP contribution in [0.2, 0.25) is 0 Å². The number of carbonyl (C=O) groups is 1. The first-order valence-electron chi connectivity index (χ1n) is 9.95. The number of nitriles is 1. The summed E-state index contributed by atoms with van der Waals surface area (Å²) < 4.78 is 0. The maximum atomic E-state index is 12.9. The molecule has 0 bridgehead atoms. The number of piperidine rings is 1. The lowest BCUT2D eigenvalue weighted by atomic mass is 9.86. The molecule has 2 aliphatic heterocycles. The Hall–Kier alpha value is -1.94. The lowest BCUT2D eigenvalue weighted by Gasteiger charge is -2.46. The van der Waals surface area contributed by atoms with Gasteiger partial charge in [0.15, 0.2) is 0 Å². The van der Waals surface area contributed by atoms with E-state index < -0.39 is 0 Å². The molecule has 0 radical (unpaired) electrons. The van der Waals surface area contributed by atoms with Crippen LogP contribution in [0.25, 0.3) is 0 Å². The molecule has 6 nitrogen and oxygen atoms in total. The second-order valence-electron chi connectivity index (χ2n) is 7.76. The van der Waals surface area contributed by atoms with Gasteiger partial charge in [-0.25, -0.2) is 0 Å². The summed E-state index contributed by atoms with van der Waals surface area (Å²) in [7, 11) is 2.17. The molecule has 3 rings (SSSR count). The Morgan fingerprint density at radius 2 is 1.89 bits per heavy atom. The highest BCUT2D eigenvalue weighted by molar-refractivity contribution is 5.94. The summed E-state index contributed by atoms with van der Waals surface area (Å²) in [5.41, 5.74) is 1.22. The summed E-state index contributed by atoms with van der Waals surface area (Å²) in [6.07, 6.45) is 2.72. The molecule has 2 saturated heterocycles. The number of aliphatic hydroxyl groups is 1. The van der Waals surface area contributed by atoms with E-state index in [9.17, 15) is 9.90 Å². The van der Waals surface area contributed by atoms with E-state index in [1.54, 1.807) is 24.3 Å². The monoisotopic (exact) mass is 370 g/mol. The summed E-state index contributed by atoms with van der Waals surface area (Å²) in [6, 6.07) is 9.48. The molecule has 0 aromatic heterocycles. The Morgan fingerprint density at radius 3 is 2.52 bits per heavy atom. The number of likely N-dealkylation sites (tertiary alicyclic amines) is 1. The van der Waals surface area contributed by atoms with E-state index in [1.807, 2.05) is 4.90 Å². The number of hydrogen-bond acceptors (Lipinski definition) is 5. The Kier molecular flexibility index (Phi) is 6.84. The Balaban J connectivity index is 1.67. The van der Waals surface area contributed by atoms with E-state index >= 15 is 0 Å². The molecule has 146 valence electrons. The van der Waals surface area contributed by atoms with Crippen LogP contribution >= 0.6 is 0 Å². The molecule has 2 heterocycles. The van der Waals surface area contributed by atoms with Gasteiger partial charge >= 0.3 is 0 Å². The zero-order valence-electron chi connectivity index (χ0n) is 16.2. The molecule has 1 amide bonds. The molecule has 0 unspecified atom stereocenters. The third-order valence-corrected chi connectivity index (χ3v) is 5.98. The average Bonchev–Trinajstić information content (AvgIpc) is 2.72. The fourth-order valence-electron chi connectivity index (χ4n) is 4.35. The quantitative estimate of drug-likeness (QED) is 0.849. The maximum absolute atomic E-state index is 12.9. The predicted octanol–water partition coefficient (Wildman–Crippen LogP) is 1.41. The molecule has 0 saturated carbocycles. The largest absolute Gasteiger partial charge is 0.396 e. The van der Waals surface area contributed by atoms with Crippen LogP contribution in [0.15, 0.2) is 24.3 Å². The normalized spacial score (nSPS) is 24.6. The fraction of sp³-hybridized carbons (Fsp3) is 0.619. The number of piperazine rings is 1. The number of carbonyl (C=O) groups excluding carboxylic acids is 1. The fourth-order valence-corrected chi connectivity index (χ4v) is 4.35. The van der Waals surface area contributed by atoms with Crippen LogP contribution in [0.1, 0.15) is 35.2 Å². The molecule has 2 fully saturated rings. The van der Waals surface area contributed by atoms with Crippen molar-refractivity contribution in [2.24, 2.45) is 5.92 Å². The zero-order chi connectivity index (χ0) is 19.2. The highest BCUT2D eigenvalue weighted by Gasteiger charge is 2.35. The van der Waals surface area contributed by atoms with Crippen LogP contribution in [0.5, 0.6) is 0 Å². The smallest absolute Gasteiger partial charge is 0.253 e. The molecule has 0 spiro atoms. The molecule has 1 aromatic carbocycles. The first-order chi connectivity index (χ1) is 13.1. The number of benzene rings is 1. The van der Waals surface area contributed by atoms with E-state index in [-0.39, 0.29) is 12.5 Å². The van der Waals surface area contributed by atoms with Gasteiger partial charge in [-0.15, -0.1) is 0 Å². The number of aliphatic hydroxyl groups excluding tert-OH is 1. The van der Waals surface area contributed by atoms with Crippen LogP contribution in [-0.2, 0) is 0 Å². The van der Waals surface area contributed by atoms with Crippen molar-refractivity contribution in [3.05, 3.63) is 35.4 Å². The van der Waals surface area contributed by atoms with Crippen LogP contribution in [-0.4, -0.2) is 84.7 Å². The van der Waals surface area contributed by atoms with Gasteiger partial charge in [0, 0.05) is 57.5 Å². The third-order valence-electron chi connectivity index (χ3n) is 5.98. The predicted molar refractivity (Wildman–Crippen MR) is 104 cm³/mol. The molecule has 1 N–H and O–H groups in total. The van der Waals surface area contributed by atoms with E-state index in [1.165, 1.54) is 0 Å². The minimum absolute atomic E-state index is 0.0466. The molecule has 2 atom stereocenters. The van der Waals surface area contributed by atoms with Crippen molar-refractivity contribution in [1.82, 2.24) is 14.7 Å². The Labute approximate surface area is 162 Å². The zero-order valence-corrected chi connectivity index (χ0v) is 16.2. The van der Waals surface area contributed by atoms with Gasteiger partial charge in [0.05, 0.1) is 11.6 Å². The molecular formula is C21H30N4O2. The maximum Gasteiger partial charge on any atom is 0.253 e. The summed E-state index contributed by atoms with van der Waals surface area (Å²) in [5.74, 6) is 0.446. The van der Waals surface area contributed by atoms with Crippen LogP contribution in [0, 0.1) is 17.2 Å². The first-order valence-corrected chi connectivity index (χ1v) is 9.95. The van der Waals surface area contributed by atoms with Gasteiger partial charge in [0.2, 0.25) is 0 Å². The minimum Gasteiger partial charge on any atom is -0.396 e. The van der Waals surface area contributed by atoms with Gasteiger partial charge in [-0.2, -0.15) is 5.26 Å². The average molecular weight is 370 g/mol. The van der Waals surface area contributed by atoms with Crippen LogP contribution in [0.4, 0.5) is 0 Å². The van der Waals surface area contributed by atoms with Crippen molar-refractivity contribution in [2.75, 3.05) is 52.9 Å². The van der Waals surface area contributed by atoms with Gasteiger partial charge in [0.1, 0.15) is 0 Å². The summed E-state index contributed by atoms with van der Waals surface area (Å²) >= 11 is 0. The third kappa shape index (κ3) is 4.86. The number of likely N-dealkylation sites (N-methyl/N-ethyl adjacent to an activating group) is 1. The van der Waals surface area contributed by atoms with Gasteiger partial charge in [0.25, 0.3) is 5.91 Å². The summed E-state index contributed by atoms with van der Waals surface area (Å²) in [6.45, 7) is 6.08. The number of amides is 1. The van der Waals surface area contributed by atoms with Crippen molar-refractivity contribution in [2.45, 2.75) is 25.3 Å². The van der Waals surface area contributed by atoms with Gasteiger partial charge in [-0.1, -0.05) is 0 Å². The molecule has 6 heteroatoms. The SMILES string of the molecule is CN1CCN([C@@H]2CCN(C(=O)c3ccc(C#N)cc3)C[C@@H]2CCCO)CC1. The van der Waals surface area contributed by atoms with Crippen molar-refractivity contribution < 1.29 is 9.90 Å². The van der Waals surface area contributed by atoms with Gasteiger partial charge in [-0.3, -0.25) is 9.69 Å². The minimum atomic E-state index is 0.0466. The highest BCUT2D eigenvalue weighted by atomic mass is 16.3. The second-order valence-corrected chi connectivity index (χ2v) is 7.76.